The van der Waals surface area contributed by atoms with Crippen LogP contribution in [0.2, 0.25) is 0 Å². The van der Waals surface area contributed by atoms with Gasteiger partial charge >= 0.3 is 0 Å². The van der Waals surface area contributed by atoms with E-state index in [9.17, 15) is 0 Å². The zero-order valence-electron chi connectivity index (χ0n) is 9.40. The Hall–Kier alpha value is -1.37. The van der Waals surface area contributed by atoms with Crippen molar-refractivity contribution in [3.63, 3.8) is 0 Å². The van der Waals surface area contributed by atoms with Crippen LogP contribution in [0.25, 0.3) is 0 Å². The van der Waals surface area contributed by atoms with Gasteiger partial charge in [-0.2, -0.15) is 0 Å². The fraction of sp³-hybridized carbons (Fsp3) is 0.357. The Morgan fingerprint density at radius 1 is 1.33 bits per heavy atom. The smallest absolute Gasteiger partial charge is 0.0687 e. The molecule has 1 aromatic carbocycles. The summed E-state index contributed by atoms with van der Waals surface area (Å²) in [5.74, 6) is 0. The molecule has 1 atom stereocenters. The highest BCUT2D eigenvalue weighted by molar-refractivity contribution is 6.02. The molecule has 1 aromatic rings. The summed E-state index contributed by atoms with van der Waals surface area (Å²) in [6, 6.07) is 8.91. The van der Waals surface area contributed by atoms with Gasteiger partial charge in [-0.25, -0.2) is 0 Å². The number of allylic oxidation sites excluding steroid dienone is 1. The van der Waals surface area contributed by atoms with Gasteiger partial charge in [0.15, 0.2) is 0 Å². The molecular formula is C14H17N. The van der Waals surface area contributed by atoms with Crippen LogP contribution in [0.15, 0.2) is 41.4 Å². The van der Waals surface area contributed by atoms with Gasteiger partial charge in [0.25, 0.3) is 0 Å². The molecule has 2 rings (SSSR count). The quantitative estimate of drug-likeness (QED) is 0.646. The molecule has 1 unspecified atom stereocenters. The van der Waals surface area contributed by atoms with Crippen LogP contribution in [0.5, 0.6) is 0 Å². The predicted molar refractivity (Wildman–Crippen MR) is 65.6 cm³/mol. The topological polar surface area (TPSA) is 12.4 Å². The van der Waals surface area contributed by atoms with Crippen LogP contribution in [-0.4, -0.2) is 11.8 Å². The van der Waals surface area contributed by atoms with Crippen molar-refractivity contribution in [1.29, 1.82) is 0 Å². The summed E-state index contributed by atoms with van der Waals surface area (Å²) in [6.07, 6.45) is 6.55. The lowest BCUT2D eigenvalue weighted by Crippen LogP contribution is -1.98. The standard InChI is InChI=1S/C14H17N/c1-3-6-12-9-10-14(15-12)13-8-5-4-7-11(13)2/h3-8,12H,9-10H2,1-2H3/b6-3+. The van der Waals surface area contributed by atoms with E-state index in [-0.39, 0.29) is 0 Å². The fourth-order valence-corrected chi connectivity index (χ4v) is 2.08. The van der Waals surface area contributed by atoms with Crippen molar-refractivity contribution in [3.05, 3.63) is 47.5 Å². The van der Waals surface area contributed by atoms with Crippen molar-refractivity contribution in [2.45, 2.75) is 32.7 Å². The zero-order chi connectivity index (χ0) is 10.7. The van der Waals surface area contributed by atoms with Gasteiger partial charge in [0.1, 0.15) is 0 Å². The molecule has 0 radical (unpaired) electrons. The first-order valence-corrected chi connectivity index (χ1v) is 5.56. The second-order valence-electron chi connectivity index (χ2n) is 4.02. The van der Waals surface area contributed by atoms with E-state index in [1.54, 1.807) is 0 Å². The number of nitrogens with zero attached hydrogens (tertiary/aromatic N) is 1. The Labute approximate surface area is 91.6 Å². The lowest BCUT2D eigenvalue weighted by atomic mass is 10.0. The minimum Gasteiger partial charge on any atom is -0.282 e. The molecule has 0 fully saturated rings. The maximum absolute atomic E-state index is 4.74. The Kier molecular flexibility index (Phi) is 3.00. The number of benzene rings is 1. The van der Waals surface area contributed by atoms with E-state index in [0.29, 0.717) is 6.04 Å². The maximum Gasteiger partial charge on any atom is 0.0687 e. The van der Waals surface area contributed by atoms with Gasteiger partial charge in [-0.3, -0.25) is 4.99 Å². The first kappa shape index (κ1) is 10.2. The summed E-state index contributed by atoms with van der Waals surface area (Å²) in [4.78, 5) is 4.74. The van der Waals surface area contributed by atoms with Crippen molar-refractivity contribution >= 4 is 5.71 Å². The van der Waals surface area contributed by atoms with Gasteiger partial charge < -0.3 is 0 Å². The lowest BCUT2D eigenvalue weighted by Gasteiger charge is -2.03. The van der Waals surface area contributed by atoms with Crippen LogP contribution in [0.1, 0.15) is 30.9 Å². The van der Waals surface area contributed by atoms with Crippen LogP contribution in [-0.2, 0) is 0 Å². The van der Waals surface area contributed by atoms with E-state index in [2.05, 4.69) is 50.3 Å². The molecule has 0 spiro atoms. The second-order valence-corrected chi connectivity index (χ2v) is 4.02. The van der Waals surface area contributed by atoms with Crippen LogP contribution in [0.3, 0.4) is 0 Å². The SMILES string of the molecule is C/C=C/C1CCC(c2ccccc2C)=N1. The largest absolute Gasteiger partial charge is 0.282 e. The molecule has 78 valence electrons. The predicted octanol–water partition coefficient (Wildman–Crippen LogP) is 3.52. The summed E-state index contributed by atoms with van der Waals surface area (Å²) < 4.78 is 0. The molecule has 0 saturated heterocycles. The van der Waals surface area contributed by atoms with Gasteiger partial charge in [0.2, 0.25) is 0 Å². The fourth-order valence-electron chi connectivity index (χ4n) is 2.08. The molecule has 1 heteroatoms. The molecule has 1 aliphatic rings. The third-order valence-corrected chi connectivity index (χ3v) is 2.87. The third-order valence-electron chi connectivity index (χ3n) is 2.87. The van der Waals surface area contributed by atoms with E-state index in [1.165, 1.54) is 16.8 Å². The Morgan fingerprint density at radius 2 is 2.13 bits per heavy atom. The molecule has 0 saturated carbocycles. The molecule has 0 N–H and O–H groups in total. The highest BCUT2D eigenvalue weighted by Crippen LogP contribution is 2.21. The summed E-state index contributed by atoms with van der Waals surface area (Å²) >= 11 is 0. The average molecular weight is 199 g/mol. The average Bonchev–Trinajstić information content (AvgIpc) is 2.68. The number of hydrogen-bond donors (Lipinski definition) is 0. The monoisotopic (exact) mass is 199 g/mol. The summed E-state index contributed by atoms with van der Waals surface area (Å²) in [5.41, 5.74) is 3.93. The molecule has 0 bridgehead atoms. The van der Waals surface area contributed by atoms with Crippen molar-refractivity contribution < 1.29 is 0 Å². The minimum absolute atomic E-state index is 0.407. The summed E-state index contributed by atoms with van der Waals surface area (Å²) in [5, 5.41) is 0. The molecule has 1 aliphatic heterocycles. The minimum atomic E-state index is 0.407. The molecule has 1 nitrogen and oxygen atoms in total. The summed E-state index contributed by atoms with van der Waals surface area (Å²) in [6.45, 7) is 4.21. The normalized spacial score (nSPS) is 20.9. The van der Waals surface area contributed by atoms with E-state index < -0.39 is 0 Å². The van der Waals surface area contributed by atoms with Gasteiger partial charge in [0.05, 0.1) is 6.04 Å². The van der Waals surface area contributed by atoms with Crippen LogP contribution < -0.4 is 0 Å². The molecular weight excluding hydrogens is 182 g/mol. The van der Waals surface area contributed by atoms with E-state index in [4.69, 9.17) is 4.99 Å². The number of aryl methyl sites for hydroxylation is 1. The van der Waals surface area contributed by atoms with Crippen molar-refractivity contribution in [2.75, 3.05) is 0 Å². The van der Waals surface area contributed by atoms with Gasteiger partial charge in [0, 0.05) is 5.71 Å². The second kappa shape index (κ2) is 4.43. The number of hydrogen-bond acceptors (Lipinski definition) is 1. The number of rotatable bonds is 2. The molecule has 0 amide bonds. The summed E-state index contributed by atoms with van der Waals surface area (Å²) in [7, 11) is 0. The molecule has 0 aromatic heterocycles. The van der Waals surface area contributed by atoms with Crippen LogP contribution in [0, 0.1) is 6.92 Å². The van der Waals surface area contributed by atoms with Gasteiger partial charge in [-0.05, 0) is 37.8 Å². The van der Waals surface area contributed by atoms with Gasteiger partial charge in [-0.15, -0.1) is 0 Å². The lowest BCUT2D eigenvalue weighted by molar-refractivity contribution is 0.806. The Balaban J connectivity index is 2.26. The van der Waals surface area contributed by atoms with E-state index in [0.717, 1.165) is 12.8 Å². The van der Waals surface area contributed by atoms with Gasteiger partial charge in [-0.1, -0.05) is 36.4 Å². The van der Waals surface area contributed by atoms with Crippen LogP contribution >= 0.6 is 0 Å². The first-order chi connectivity index (χ1) is 7.31. The Bertz CT molecular complexity index is 402. The van der Waals surface area contributed by atoms with E-state index in [1.807, 2.05) is 0 Å². The maximum atomic E-state index is 4.74. The molecule has 1 heterocycles. The zero-order valence-corrected chi connectivity index (χ0v) is 9.40. The Morgan fingerprint density at radius 3 is 2.87 bits per heavy atom. The van der Waals surface area contributed by atoms with Crippen molar-refractivity contribution in [3.8, 4) is 0 Å². The highest BCUT2D eigenvalue weighted by Gasteiger charge is 2.16. The van der Waals surface area contributed by atoms with Crippen molar-refractivity contribution in [1.82, 2.24) is 0 Å². The highest BCUT2D eigenvalue weighted by atomic mass is 14.8. The number of aliphatic imine (C=N–C) groups is 1. The molecule has 15 heavy (non-hydrogen) atoms. The first-order valence-electron chi connectivity index (χ1n) is 5.56. The van der Waals surface area contributed by atoms with Crippen molar-refractivity contribution in [2.24, 2.45) is 4.99 Å². The van der Waals surface area contributed by atoms with E-state index >= 15 is 0 Å². The van der Waals surface area contributed by atoms with Crippen LogP contribution in [0.4, 0.5) is 0 Å². The molecule has 0 aliphatic carbocycles. The third kappa shape index (κ3) is 2.17.